The van der Waals surface area contributed by atoms with Gasteiger partial charge in [-0.25, -0.2) is 13.2 Å². The van der Waals surface area contributed by atoms with Crippen LogP contribution in [0.5, 0.6) is 0 Å². The van der Waals surface area contributed by atoms with Gasteiger partial charge in [-0.1, -0.05) is 13.8 Å². The van der Waals surface area contributed by atoms with Crippen molar-refractivity contribution in [1.29, 1.82) is 0 Å². The van der Waals surface area contributed by atoms with Crippen molar-refractivity contribution in [3.05, 3.63) is 57.6 Å². The van der Waals surface area contributed by atoms with Crippen molar-refractivity contribution in [2.45, 2.75) is 19.8 Å². The molecule has 3 rings (SSSR count). The lowest BCUT2D eigenvalue weighted by Gasteiger charge is -2.10. The van der Waals surface area contributed by atoms with E-state index >= 15 is 0 Å². The van der Waals surface area contributed by atoms with Crippen LogP contribution in [-0.2, 0) is 0 Å². The van der Waals surface area contributed by atoms with Gasteiger partial charge < -0.3 is 4.98 Å². The SMILES string of the molecule is CC(C)c1cc2c(=O)[nH]c3c(F)c(F)ccc3c2cc1F. The number of aromatic amines is 1. The molecule has 21 heavy (non-hydrogen) atoms. The summed E-state index contributed by atoms with van der Waals surface area (Å²) in [4.78, 5) is 14.4. The van der Waals surface area contributed by atoms with Crippen molar-refractivity contribution in [3.63, 3.8) is 0 Å². The molecular weight excluding hydrogens is 279 g/mol. The van der Waals surface area contributed by atoms with Crippen LogP contribution in [0.25, 0.3) is 21.7 Å². The Morgan fingerprint density at radius 1 is 0.952 bits per heavy atom. The standard InChI is InChI=1S/C16H12F3NO/c1-7(2)9-5-11-10(6-13(9)18)8-3-4-12(17)14(19)15(8)20-16(11)21/h3-7H,1-2H3,(H,20,21). The van der Waals surface area contributed by atoms with Crippen LogP contribution in [0.3, 0.4) is 0 Å². The molecule has 0 bridgehead atoms. The summed E-state index contributed by atoms with van der Waals surface area (Å²) >= 11 is 0. The second-order valence-corrected chi connectivity index (χ2v) is 5.31. The maximum absolute atomic E-state index is 14.1. The van der Waals surface area contributed by atoms with Crippen LogP contribution in [-0.4, -0.2) is 4.98 Å². The van der Waals surface area contributed by atoms with Crippen LogP contribution in [0.2, 0.25) is 0 Å². The van der Waals surface area contributed by atoms with Gasteiger partial charge in [0.25, 0.3) is 5.56 Å². The number of hydrogen-bond donors (Lipinski definition) is 1. The van der Waals surface area contributed by atoms with Gasteiger partial charge in [0.1, 0.15) is 5.82 Å². The Bertz CT molecular complexity index is 928. The lowest BCUT2D eigenvalue weighted by atomic mass is 9.97. The number of rotatable bonds is 1. The zero-order chi connectivity index (χ0) is 15.3. The molecular formula is C16H12F3NO. The smallest absolute Gasteiger partial charge is 0.256 e. The summed E-state index contributed by atoms with van der Waals surface area (Å²) < 4.78 is 41.2. The van der Waals surface area contributed by atoms with Gasteiger partial charge in [0.15, 0.2) is 11.6 Å². The Morgan fingerprint density at radius 3 is 2.33 bits per heavy atom. The number of fused-ring (bicyclic) bond motifs is 3. The highest BCUT2D eigenvalue weighted by Gasteiger charge is 2.15. The first-order chi connectivity index (χ1) is 9.90. The lowest BCUT2D eigenvalue weighted by molar-refractivity contribution is 0.515. The van der Waals surface area contributed by atoms with Crippen LogP contribution < -0.4 is 5.56 Å². The Balaban J connectivity index is 2.54. The van der Waals surface area contributed by atoms with Crippen molar-refractivity contribution >= 4 is 21.7 Å². The molecule has 0 saturated heterocycles. The van der Waals surface area contributed by atoms with Crippen molar-refractivity contribution in [3.8, 4) is 0 Å². The van der Waals surface area contributed by atoms with E-state index in [0.29, 0.717) is 5.56 Å². The van der Waals surface area contributed by atoms with E-state index in [1.807, 2.05) is 13.8 Å². The molecule has 0 amide bonds. The predicted octanol–water partition coefficient (Wildman–Crippen LogP) is 4.22. The molecule has 0 saturated carbocycles. The van der Waals surface area contributed by atoms with Gasteiger partial charge in [0.2, 0.25) is 0 Å². The number of benzene rings is 2. The minimum atomic E-state index is -1.14. The molecule has 0 radical (unpaired) electrons. The molecule has 0 aliphatic heterocycles. The van der Waals surface area contributed by atoms with E-state index in [0.717, 1.165) is 6.07 Å². The lowest BCUT2D eigenvalue weighted by Crippen LogP contribution is -2.09. The van der Waals surface area contributed by atoms with Crippen LogP contribution in [0.4, 0.5) is 13.2 Å². The monoisotopic (exact) mass is 291 g/mol. The molecule has 0 aliphatic rings. The van der Waals surface area contributed by atoms with E-state index in [9.17, 15) is 18.0 Å². The first kappa shape index (κ1) is 13.7. The first-order valence-corrected chi connectivity index (χ1v) is 6.53. The average Bonchev–Trinajstić information content (AvgIpc) is 2.43. The molecule has 0 fully saturated rings. The molecule has 0 spiro atoms. The van der Waals surface area contributed by atoms with Crippen LogP contribution in [0.15, 0.2) is 29.1 Å². The third kappa shape index (κ3) is 2.00. The Labute approximate surface area is 118 Å². The number of aromatic nitrogens is 1. The van der Waals surface area contributed by atoms with E-state index in [4.69, 9.17) is 0 Å². The third-order valence-corrected chi connectivity index (χ3v) is 3.63. The number of halogens is 3. The molecule has 5 heteroatoms. The van der Waals surface area contributed by atoms with Crippen molar-refractivity contribution in [1.82, 2.24) is 4.98 Å². The normalized spacial score (nSPS) is 11.7. The molecule has 0 atom stereocenters. The highest BCUT2D eigenvalue weighted by atomic mass is 19.2. The molecule has 108 valence electrons. The fraction of sp³-hybridized carbons (Fsp3) is 0.188. The predicted molar refractivity (Wildman–Crippen MR) is 76.0 cm³/mol. The van der Waals surface area contributed by atoms with Crippen LogP contribution >= 0.6 is 0 Å². The summed E-state index contributed by atoms with van der Waals surface area (Å²) in [5.41, 5.74) is -0.400. The van der Waals surface area contributed by atoms with Crippen molar-refractivity contribution in [2.75, 3.05) is 0 Å². The molecule has 0 aliphatic carbocycles. The van der Waals surface area contributed by atoms with E-state index < -0.39 is 23.0 Å². The topological polar surface area (TPSA) is 32.9 Å². The minimum absolute atomic E-state index is 0.0885. The number of H-pyrrole nitrogens is 1. The fourth-order valence-electron chi connectivity index (χ4n) is 2.52. The maximum atomic E-state index is 14.1. The summed E-state index contributed by atoms with van der Waals surface area (Å²) in [7, 11) is 0. The molecule has 0 unspecified atom stereocenters. The summed E-state index contributed by atoms with van der Waals surface area (Å²) in [6.45, 7) is 3.63. The van der Waals surface area contributed by atoms with Crippen molar-refractivity contribution in [2.24, 2.45) is 0 Å². The summed E-state index contributed by atoms with van der Waals surface area (Å²) in [5.74, 6) is -2.75. The average molecular weight is 291 g/mol. The summed E-state index contributed by atoms with van der Waals surface area (Å²) in [6, 6.07) is 4.97. The molecule has 2 nitrogen and oxygen atoms in total. The molecule has 1 heterocycles. The first-order valence-electron chi connectivity index (χ1n) is 6.53. The molecule has 1 aromatic heterocycles. The van der Waals surface area contributed by atoms with E-state index in [2.05, 4.69) is 4.98 Å². The van der Waals surface area contributed by atoms with Crippen molar-refractivity contribution < 1.29 is 13.2 Å². The zero-order valence-corrected chi connectivity index (χ0v) is 11.4. The zero-order valence-electron chi connectivity index (χ0n) is 11.4. The van der Waals surface area contributed by atoms with Gasteiger partial charge in [-0.2, -0.15) is 0 Å². The van der Waals surface area contributed by atoms with Gasteiger partial charge >= 0.3 is 0 Å². The second-order valence-electron chi connectivity index (χ2n) is 5.31. The largest absolute Gasteiger partial charge is 0.319 e. The van der Waals surface area contributed by atoms with E-state index in [1.165, 1.54) is 18.2 Å². The Morgan fingerprint density at radius 2 is 1.67 bits per heavy atom. The van der Waals surface area contributed by atoms with E-state index in [1.54, 1.807) is 0 Å². The second kappa shape index (κ2) is 4.62. The maximum Gasteiger partial charge on any atom is 0.256 e. The highest BCUT2D eigenvalue weighted by molar-refractivity contribution is 6.05. The van der Waals surface area contributed by atoms with Gasteiger partial charge in [-0.15, -0.1) is 0 Å². The number of hydrogen-bond acceptors (Lipinski definition) is 1. The Kier molecular flexibility index (Phi) is 3.01. The quantitative estimate of drug-likeness (QED) is 0.669. The third-order valence-electron chi connectivity index (χ3n) is 3.63. The summed E-state index contributed by atoms with van der Waals surface area (Å²) in [6.07, 6.45) is 0. The minimum Gasteiger partial charge on any atom is -0.319 e. The fourth-order valence-corrected chi connectivity index (χ4v) is 2.52. The van der Waals surface area contributed by atoms with Gasteiger partial charge in [-0.3, -0.25) is 4.79 Å². The van der Waals surface area contributed by atoms with Gasteiger partial charge in [0.05, 0.1) is 5.52 Å². The van der Waals surface area contributed by atoms with Gasteiger partial charge in [-0.05, 0) is 41.1 Å². The van der Waals surface area contributed by atoms with Crippen LogP contribution in [0.1, 0.15) is 25.3 Å². The number of nitrogens with one attached hydrogen (secondary N) is 1. The highest BCUT2D eigenvalue weighted by Crippen LogP contribution is 2.28. The molecule has 3 aromatic rings. The summed E-state index contributed by atoms with van der Waals surface area (Å²) in [5, 5.41) is 0.811. The van der Waals surface area contributed by atoms with Gasteiger partial charge in [0, 0.05) is 10.8 Å². The Hall–Kier alpha value is -2.30. The van der Waals surface area contributed by atoms with E-state index in [-0.39, 0.29) is 27.6 Å². The molecule has 2 aromatic carbocycles. The molecule has 1 N–H and O–H groups in total. The number of pyridine rings is 1. The van der Waals surface area contributed by atoms with Crippen LogP contribution in [0, 0.1) is 17.5 Å².